The van der Waals surface area contributed by atoms with E-state index in [-0.39, 0.29) is 17.9 Å². The molecule has 0 aromatic carbocycles. The van der Waals surface area contributed by atoms with Crippen molar-refractivity contribution in [1.82, 2.24) is 15.2 Å². The second kappa shape index (κ2) is 8.36. The van der Waals surface area contributed by atoms with E-state index in [1.807, 2.05) is 18.2 Å². The van der Waals surface area contributed by atoms with Gasteiger partial charge in [-0.2, -0.15) is 0 Å². The Morgan fingerprint density at radius 1 is 1.45 bits per heavy atom. The van der Waals surface area contributed by atoms with Crippen molar-refractivity contribution in [3.05, 3.63) is 30.1 Å². The Labute approximate surface area is 130 Å². The van der Waals surface area contributed by atoms with Crippen molar-refractivity contribution >= 4 is 12.0 Å². The molecule has 1 atom stereocenters. The van der Waals surface area contributed by atoms with E-state index in [2.05, 4.69) is 10.3 Å². The molecule has 22 heavy (non-hydrogen) atoms. The molecule has 2 rings (SSSR count). The molecule has 0 spiro atoms. The van der Waals surface area contributed by atoms with E-state index in [0.29, 0.717) is 32.7 Å². The highest BCUT2D eigenvalue weighted by molar-refractivity contribution is 5.80. The summed E-state index contributed by atoms with van der Waals surface area (Å²) in [5.41, 5.74) is 0.958. The topological polar surface area (TPSA) is 71.5 Å². The monoisotopic (exact) mass is 305 g/mol. The summed E-state index contributed by atoms with van der Waals surface area (Å²) in [6.45, 7) is 3.80. The third-order valence-corrected chi connectivity index (χ3v) is 3.72. The van der Waals surface area contributed by atoms with Gasteiger partial charge in [0.2, 0.25) is 5.91 Å². The molecule has 1 unspecified atom stereocenters. The molecule has 2 heterocycles. The van der Waals surface area contributed by atoms with Crippen molar-refractivity contribution in [3.8, 4) is 0 Å². The SMILES string of the molecule is CCOC(=O)N1CCCC(C(=O)NCCc2ccccn2)C1. The number of amides is 2. The molecular formula is C16H23N3O3. The van der Waals surface area contributed by atoms with E-state index in [4.69, 9.17) is 4.74 Å². The minimum atomic E-state index is -0.325. The number of nitrogens with zero attached hydrogens (tertiary/aromatic N) is 2. The number of carbonyl (C=O) groups excluding carboxylic acids is 2. The van der Waals surface area contributed by atoms with Crippen LogP contribution in [0, 0.1) is 5.92 Å². The molecule has 1 saturated heterocycles. The maximum absolute atomic E-state index is 12.2. The van der Waals surface area contributed by atoms with Gasteiger partial charge in [0.25, 0.3) is 0 Å². The van der Waals surface area contributed by atoms with Crippen LogP contribution in [-0.4, -0.2) is 48.1 Å². The summed E-state index contributed by atoms with van der Waals surface area (Å²) in [5, 5.41) is 2.93. The van der Waals surface area contributed by atoms with E-state index in [1.165, 1.54) is 0 Å². The zero-order valence-electron chi connectivity index (χ0n) is 13.0. The lowest BCUT2D eigenvalue weighted by Gasteiger charge is -2.31. The van der Waals surface area contributed by atoms with Gasteiger partial charge in [0.15, 0.2) is 0 Å². The number of ether oxygens (including phenoxy) is 1. The van der Waals surface area contributed by atoms with Crippen LogP contribution in [0.5, 0.6) is 0 Å². The number of pyridine rings is 1. The molecule has 6 heteroatoms. The van der Waals surface area contributed by atoms with Crippen molar-refractivity contribution in [3.63, 3.8) is 0 Å². The van der Waals surface area contributed by atoms with Gasteiger partial charge in [-0.15, -0.1) is 0 Å². The highest BCUT2D eigenvalue weighted by Crippen LogP contribution is 2.17. The maximum atomic E-state index is 12.2. The quantitative estimate of drug-likeness (QED) is 0.897. The maximum Gasteiger partial charge on any atom is 0.409 e. The van der Waals surface area contributed by atoms with Gasteiger partial charge in [-0.05, 0) is 31.9 Å². The number of rotatable bonds is 5. The molecule has 0 aliphatic carbocycles. The third-order valence-electron chi connectivity index (χ3n) is 3.72. The number of hydrogen-bond donors (Lipinski definition) is 1. The number of piperidine rings is 1. The van der Waals surface area contributed by atoms with E-state index >= 15 is 0 Å². The number of likely N-dealkylation sites (tertiary alicyclic amines) is 1. The summed E-state index contributed by atoms with van der Waals surface area (Å²) in [7, 11) is 0. The van der Waals surface area contributed by atoms with E-state index in [1.54, 1.807) is 18.0 Å². The number of hydrogen-bond acceptors (Lipinski definition) is 4. The normalized spacial score (nSPS) is 17.9. The van der Waals surface area contributed by atoms with Crippen molar-refractivity contribution < 1.29 is 14.3 Å². The summed E-state index contributed by atoms with van der Waals surface area (Å²) in [6, 6.07) is 5.74. The molecule has 1 aliphatic rings. The Morgan fingerprint density at radius 2 is 2.32 bits per heavy atom. The molecule has 1 fully saturated rings. The second-order valence-corrected chi connectivity index (χ2v) is 5.35. The Bertz CT molecular complexity index is 493. The van der Waals surface area contributed by atoms with Crippen LogP contribution in [-0.2, 0) is 16.0 Å². The first-order valence-electron chi connectivity index (χ1n) is 7.80. The summed E-state index contributed by atoms with van der Waals surface area (Å²) < 4.78 is 5.00. The molecule has 1 aromatic rings. The van der Waals surface area contributed by atoms with Gasteiger partial charge in [-0.25, -0.2) is 4.79 Å². The number of nitrogens with one attached hydrogen (secondary N) is 1. The zero-order chi connectivity index (χ0) is 15.8. The summed E-state index contributed by atoms with van der Waals surface area (Å²) in [6.07, 6.45) is 3.77. The molecule has 120 valence electrons. The highest BCUT2D eigenvalue weighted by atomic mass is 16.6. The first kappa shape index (κ1) is 16.3. The largest absolute Gasteiger partial charge is 0.450 e. The van der Waals surface area contributed by atoms with E-state index in [0.717, 1.165) is 18.5 Å². The molecule has 0 saturated carbocycles. The van der Waals surface area contributed by atoms with Gasteiger partial charge in [0.1, 0.15) is 0 Å². The highest BCUT2D eigenvalue weighted by Gasteiger charge is 2.28. The molecule has 1 N–H and O–H groups in total. The van der Waals surface area contributed by atoms with Crippen LogP contribution in [0.3, 0.4) is 0 Å². The van der Waals surface area contributed by atoms with Crippen LogP contribution in [0.15, 0.2) is 24.4 Å². The molecular weight excluding hydrogens is 282 g/mol. The van der Waals surface area contributed by atoms with Crippen molar-refractivity contribution in [1.29, 1.82) is 0 Å². The van der Waals surface area contributed by atoms with Crippen molar-refractivity contribution in [2.45, 2.75) is 26.2 Å². The zero-order valence-corrected chi connectivity index (χ0v) is 13.0. The van der Waals surface area contributed by atoms with Crippen LogP contribution in [0.2, 0.25) is 0 Å². The van der Waals surface area contributed by atoms with Crippen molar-refractivity contribution in [2.75, 3.05) is 26.2 Å². The fourth-order valence-electron chi connectivity index (χ4n) is 2.58. The predicted octanol–water partition coefficient (Wildman–Crippen LogP) is 1.61. The van der Waals surface area contributed by atoms with Crippen molar-refractivity contribution in [2.24, 2.45) is 5.92 Å². The number of aromatic nitrogens is 1. The Balaban J connectivity index is 1.75. The Kier molecular flexibility index (Phi) is 6.18. The standard InChI is InChI=1S/C16H23N3O3/c1-2-22-16(21)19-11-5-6-13(12-19)15(20)18-10-8-14-7-3-4-9-17-14/h3-4,7,9,13H,2,5-6,8,10-12H2,1H3,(H,18,20). The summed E-state index contributed by atoms with van der Waals surface area (Å²) in [4.78, 5) is 29.8. The van der Waals surface area contributed by atoms with Crippen LogP contribution < -0.4 is 5.32 Å². The van der Waals surface area contributed by atoms with Gasteiger partial charge in [-0.1, -0.05) is 6.07 Å². The smallest absolute Gasteiger partial charge is 0.409 e. The Hall–Kier alpha value is -2.11. The lowest BCUT2D eigenvalue weighted by atomic mass is 9.97. The lowest BCUT2D eigenvalue weighted by molar-refractivity contribution is -0.126. The first-order valence-corrected chi connectivity index (χ1v) is 7.80. The minimum absolute atomic E-state index is 0.00456. The molecule has 1 aromatic heterocycles. The fourth-order valence-corrected chi connectivity index (χ4v) is 2.58. The predicted molar refractivity (Wildman–Crippen MR) is 82.3 cm³/mol. The average Bonchev–Trinajstić information content (AvgIpc) is 2.56. The van der Waals surface area contributed by atoms with Gasteiger partial charge in [0, 0.05) is 37.9 Å². The Morgan fingerprint density at radius 3 is 3.05 bits per heavy atom. The van der Waals surface area contributed by atoms with Crippen LogP contribution >= 0.6 is 0 Å². The molecule has 0 bridgehead atoms. The van der Waals surface area contributed by atoms with Gasteiger partial charge in [0.05, 0.1) is 12.5 Å². The minimum Gasteiger partial charge on any atom is -0.450 e. The van der Waals surface area contributed by atoms with Gasteiger partial charge in [-0.3, -0.25) is 9.78 Å². The third kappa shape index (κ3) is 4.72. The van der Waals surface area contributed by atoms with Crippen LogP contribution in [0.4, 0.5) is 4.79 Å². The van der Waals surface area contributed by atoms with Gasteiger partial charge < -0.3 is 15.0 Å². The van der Waals surface area contributed by atoms with E-state index < -0.39 is 0 Å². The fraction of sp³-hybridized carbons (Fsp3) is 0.562. The lowest BCUT2D eigenvalue weighted by Crippen LogP contribution is -2.45. The summed E-state index contributed by atoms with van der Waals surface area (Å²) >= 11 is 0. The average molecular weight is 305 g/mol. The van der Waals surface area contributed by atoms with Gasteiger partial charge >= 0.3 is 6.09 Å². The molecule has 2 amide bonds. The summed E-state index contributed by atoms with van der Waals surface area (Å²) in [5.74, 6) is -0.146. The van der Waals surface area contributed by atoms with Crippen LogP contribution in [0.25, 0.3) is 0 Å². The molecule has 1 aliphatic heterocycles. The van der Waals surface area contributed by atoms with E-state index in [9.17, 15) is 9.59 Å². The molecule has 6 nitrogen and oxygen atoms in total. The molecule has 0 radical (unpaired) electrons. The first-order chi connectivity index (χ1) is 10.7. The van der Waals surface area contributed by atoms with Crippen LogP contribution in [0.1, 0.15) is 25.5 Å². The number of carbonyl (C=O) groups is 2. The second-order valence-electron chi connectivity index (χ2n) is 5.35.